The van der Waals surface area contributed by atoms with Gasteiger partial charge in [0.1, 0.15) is 5.54 Å². The SMILES string of the molecule is CC(C)(C)C1OC(=O)[C@](C)(C/C=C/CN2C(=O)c3ccccc3C2=O)N1C(=O)c1ccccc1. The Kier molecular flexibility index (Phi) is 5.89. The summed E-state index contributed by atoms with van der Waals surface area (Å²) in [6, 6.07) is 15.5. The van der Waals surface area contributed by atoms with Crippen LogP contribution in [0.5, 0.6) is 0 Å². The van der Waals surface area contributed by atoms with Crippen LogP contribution in [0.4, 0.5) is 0 Å². The number of imide groups is 1. The molecule has 2 aliphatic rings. The van der Waals surface area contributed by atoms with Gasteiger partial charge in [-0.25, -0.2) is 4.79 Å². The maximum absolute atomic E-state index is 13.5. The maximum atomic E-state index is 13.5. The summed E-state index contributed by atoms with van der Waals surface area (Å²) in [5.74, 6) is -1.46. The number of rotatable bonds is 5. The summed E-state index contributed by atoms with van der Waals surface area (Å²) in [7, 11) is 0. The first-order valence-corrected chi connectivity index (χ1v) is 11.3. The van der Waals surface area contributed by atoms with Crippen LogP contribution in [0.15, 0.2) is 66.7 Å². The fourth-order valence-corrected chi connectivity index (χ4v) is 4.33. The van der Waals surface area contributed by atoms with Crippen LogP contribution in [-0.4, -0.2) is 51.8 Å². The van der Waals surface area contributed by atoms with E-state index in [1.165, 1.54) is 9.80 Å². The molecule has 1 saturated heterocycles. The Bertz CT molecular complexity index is 1150. The summed E-state index contributed by atoms with van der Waals surface area (Å²) in [4.78, 5) is 54.4. The number of ether oxygens (including phenoxy) is 1. The Morgan fingerprint density at radius 1 is 0.941 bits per heavy atom. The lowest BCUT2D eigenvalue weighted by atomic mass is 9.89. The largest absolute Gasteiger partial charge is 0.439 e. The van der Waals surface area contributed by atoms with Crippen molar-refractivity contribution in [3.8, 4) is 0 Å². The van der Waals surface area contributed by atoms with Crippen molar-refractivity contribution in [3.05, 3.63) is 83.4 Å². The van der Waals surface area contributed by atoms with E-state index in [4.69, 9.17) is 4.74 Å². The second-order valence-corrected chi connectivity index (χ2v) is 9.88. The third kappa shape index (κ3) is 3.91. The minimum absolute atomic E-state index is 0.0762. The van der Waals surface area contributed by atoms with Gasteiger partial charge in [0.2, 0.25) is 0 Å². The summed E-state index contributed by atoms with van der Waals surface area (Å²) in [6.07, 6.45) is 2.85. The molecule has 2 heterocycles. The molecule has 3 amide bonds. The topological polar surface area (TPSA) is 84.0 Å². The monoisotopic (exact) mass is 460 g/mol. The van der Waals surface area contributed by atoms with Gasteiger partial charge >= 0.3 is 5.97 Å². The van der Waals surface area contributed by atoms with Gasteiger partial charge in [0, 0.05) is 17.5 Å². The fourth-order valence-electron chi connectivity index (χ4n) is 4.33. The van der Waals surface area contributed by atoms with E-state index < -0.39 is 23.2 Å². The molecule has 2 aromatic rings. The number of esters is 1. The first-order valence-electron chi connectivity index (χ1n) is 11.3. The van der Waals surface area contributed by atoms with Gasteiger partial charge < -0.3 is 4.74 Å². The quantitative estimate of drug-likeness (QED) is 0.382. The summed E-state index contributed by atoms with van der Waals surface area (Å²) in [6.45, 7) is 7.52. The summed E-state index contributed by atoms with van der Waals surface area (Å²) >= 11 is 0. The molecule has 0 saturated carbocycles. The van der Waals surface area contributed by atoms with E-state index in [1.54, 1.807) is 67.6 Å². The predicted octanol–water partition coefficient (Wildman–Crippen LogP) is 4.06. The van der Waals surface area contributed by atoms with Crippen LogP contribution in [-0.2, 0) is 9.53 Å². The molecule has 7 heteroatoms. The zero-order valence-electron chi connectivity index (χ0n) is 19.8. The molecule has 7 nitrogen and oxygen atoms in total. The summed E-state index contributed by atoms with van der Waals surface area (Å²) in [5, 5.41) is 0. The fraction of sp³-hybridized carbons (Fsp3) is 0.333. The number of amides is 3. The van der Waals surface area contributed by atoms with Gasteiger partial charge in [0.15, 0.2) is 6.23 Å². The Morgan fingerprint density at radius 3 is 2.06 bits per heavy atom. The highest BCUT2D eigenvalue weighted by Crippen LogP contribution is 2.40. The second-order valence-electron chi connectivity index (χ2n) is 9.88. The molecule has 2 atom stereocenters. The molecule has 0 aliphatic carbocycles. The standard InChI is InChI=1S/C27H28N2O5/c1-26(2,3)24-29(21(30)18-12-6-5-7-13-18)27(4,25(33)34-24)16-10-11-17-28-22(31)19-14-8-9-15-20(19)23(28)32/h5-15,24H,16-17H2,1-4H3/b11-10+/t24?,27-/m0/s1. The molecule has 0 bridgehead atoms. The van der Waals surface area contributed by atoms with Crippen LogP contribution in [0.2, 0.25) is 0 Å². The molecule has 0 N–H and O–H groups in total. The lowest BCUT2D eigenvalue weighted by Crippen LogP contribution is -2.54. The van der Waals surface area contributed by atoms with Gasteiger partial charge in [-0.05, 0) is 37.6 Å². The third-order valence-electron chi connectivity index (χ3n) is 6.25. The highest BCUT2D eigenvalue weighted by atomic mass is 16.6. The molecule has 1 fully saturated rings. The lowest BCUT2D eigenvalue weighted by Gasteiger charge is -2.38. The third-order valence-corrected chi connectivity index (χ3v) is 6.25. The summed E-state index contributed by atoms with van der Waals surface area (Å²) < 4.78 is 5.72. The average Bonchev–Trinajstić information content (AvgIpc) is 3.22. The molecule has 2 aliphatic heterocycles. The second kappa shape index (κ2) is 8.56. The number of carbonyl (C=O) groups is 4. The van der Waals surface area contributed by atoms with Gasteiger partial charge in [0.05, 0.1) is 11.1 Å². The van der Waals surface area contributed by atoms with E-state index in [0.29, 0.717) is 16.7 Å². The van der Waals surface area contributed by atoms with Gasteiger partial charge in [-0.2, -0.15) is 0 Å². The minimum atomic E-state index is -1.23. The van der Waals surface area contributed by atoms with Gasteiger partial charge in [-0.1, -0.05) is 63.3 Å². The van der Waals surface area contributed by atoms with Gasteiger partial charge in [-0.3, -0.25) is 24.2 Å². The lowest BCUT2D eigenvalue weighted by molar-refractivity contribution is -0.148. The maximum Gasteiger partial charge on any atom is 0.334 e. The Labute approximate surface area is 199 Å². The van der Waals surface area contributed by atoms with Crippen LogP contribution in [0, 0.1) is 5.41 Å². The number of hydrogen-bond acceptors (Lipinski definition) is 5. The zero-order valence-corrected chi connectivity index (χ0v) is 19.8. The molecular formula is C27H28N2O5. The van der Waals surface area contributed by atoms with E-state index >= 15 is 0 Å². The van der Waals surface area contributed by atoms with Crippen molar-refractivity contribution in [2.24, 2.45) is 5.41 Å². The molecule has 1 unspecified atom stereocenters. The minimum Gasteiger partial charge on any atom is -0.439 e. The predicted molar refractivity (Wildman–Crippen MR) is 126 cm³/mol. The number of benzene rings is 2. The van der Waals surface area contributed by atoms with Crippen LogP contribution < -0.4 is 0 Å². The van der Waals surface area contributed by atoms with E-state index in [9.17, 15) is 19.2 Å². The van der Waals surface area contributed by atoms with Crippen molar-refractivity contribution in [2.75, 3.05) is 6.54 Å². The first kappa shape index (κ1) is 23.4. The molecule has 2 aromatic carbocycles. The van der Waals surface area contributed by atoms with Crippen molar-refractivity contribution in [1.82, 2.24) is 9.80 Å². The Hall–Kier alpha value is -3.74. The molecule has 4 rings (SSSR count). The average molecular weight is 461 g/mol. The van der Waals surface area contributed by atoms with Crippen molar-refractivity contribution in [2.45, 2.75) is 45.9 Å². The molecular weight excluding hydrogens is 432 g/mol. The van der Waals surface area contributed by atoms with Crippen LogP contribution in [0.1, 0.15) is 65.2 Å². The number of fused-ring (bicyclic) bond motifs is 1. The van der Waals surface area contributed by atoms with Crippen molar-refractivity contribution < 1.29 is 23.9 Å². The molecule has 0 aromatic heterocycles. The Morgan fingerprint density at radius 2 is 1.50 bits per heavy atom. The van der Waals surface area contributed by atoms with Crippen LogP contribution in [0.3, 0.4) is 0 Å². The van der Waals surface area contributed by atoms with E-state index in [1.807, 2.05) is 26.8 Å². The highest BCUT2D eigenvalue weighted by molar-refractivity contribution is 6.21. The smallest absolute Gasteiger partial charge is 0.334 e. The van der Waals surface area contributed by atoms with Gasteiger partial charge in [-0.15, -0.1) is 0 Å². The highest BCUT2D eigenvalue weighted by Gasteiger charge is 2.57. The van der Waals surface area contributed by atoms with Crippen molar-refractivity contribution in [3.63, 3.8) is 0 Å². The zero-order chi connectivity index (χ0) is 24.7. The summed E-state index contributed by atoms with van der Waals surface area (Å²) in [5.41, 5.74) is -0.485. The first-order chi connectivity index (χ1) is 16.1. The molecule has 176 valence electrons. The number of hydrogen-bond donors (Lipinski definition) is 0. The van der Waals surface area contributed by atoms with Crippen molar-refractivity contribution in [1.29, 1.82) is 0 Å². The van der Waals surface area contributed by atoms with Gasteiger partial charge in [0.25, 0.3) is 17.7 Å². The van der Waals surface area contributed by atoms with E-state index in [2.05, 4.69) is 0 Å². The van der Waals surface area contributed by atoms with Crippen LogP contribution >= 0.6 is 0 Å². The van der Waals surface area contributed by atoms with E-state index in [-0.39, 0.29) is 30.7 Å². The molecule has 0 radical (unpaired) electrons. The number of nitrogens with zero attached hydrogens (tertiary/aromatic N) is 2. The normalized spacial score (nSPS) is 22.5. The molecule has 0 spiro atoms. The molecule has 34 heavy (non-hydrogen) atoms. The Balaban J connectivity index is 1.55. The number of carbonyl (C=O) groups excluding carboxylic acids is 4. The van der Waals surface area contributed by atoms with Crippen molar-refractivity contribution >= 4 is 23.7 Å². The number of cyclic esters (lactones) is 1. The van der Waals surface area contributed by atoms with E-state index in [0.717, 1.165) is 0 Å². The van der Waals surface area contributed by atoms with Crippen LogP contribution in [0.25, 0.3) is 0 Å².